The van der Waals surface area contributed by atoms with Crippen molar-refractivity contribution in [1.82, 2.24) is 4.57 Å². The van der Waals surface area contributed by atoms with E-state index < -0.39 is 12.0 Å². The van der Waals surface area contributed by atoms with E-state index >= 15 is 0 Å². The number of esters is 1. The number of benzene rings is 2. The van der Waals surface area contributed by atoms with E-state index in [1.807, 2.05) is 0 Å². The van der Waals surface area contributed by atoms with Crippen LogP contribution in [0.2, 0.25) is 0 Å². The average Bonchev–Trinajstić information content (AvgIpc) is 3.18. The number of allylic oxidation sites excluding steroid dienone is 1. The summed E-state index contributed by atoms with van der Waals surface area (Å²) in [6.07, 6.45) is 1.58. The molecule has 0 radical (unpaired) electrons. The normalized spacial score (nSPS) is 15.2. The molecular weight excluding hydrogens is 564 g/mol. The van der Waals surface area contributed by atoms with E-state index in [4.69, 9.17) is 18.9 Å². The van der Waals surface area contributed by atoms with Gasteiger partial charge in [0.2, 0.25) is 0 Å². The number of fused-ring (bicyclic) bond motifs is 1. The number of phenols is 1. The van der Waals surface area contributed by atoms with Gasteiger partial charge in [-0.05, 0) is 43.7 Å². The number of hydrogen-bond acceptors (Lipinski definition) is 9. The molecule has 11 heteroatoms. The van der Waals surface area contributed by atoms with Crippen LogP contribution in [0, 0.1) is 0 Å². The number of phenolic OH excluding ortho intramolecular Hbond substituents is 1. The molecule has 0 bridgehead atoms. The molecule has 4 rings (SSSR count). The van der Waals surface area contributed by atoms with Gasteiger partial charge in [-0.25, -0.2) is 9.79 Å². The number of halogens is 1. The Balaban J connectivity index is 2.02. The van der Waals surface area contributed by atoms with Crippen molar-refractivity contribution in [2.45, 2.75) is 19.9 Å². The molecule has 0 unspecified atom stereocenters. The van der Waals surface area contributed by atoms with Crippen molar-refractivity contribution in [3.63, 3.8) is 0 Å². The van der Waals surface area contributed by atoms with Crippen LogP contribution < -0.4 is 29.1 Å². The largest absolute Gasteiger partial charge is 0.504 e. The van der Waals surface area contributed by atoms with E-state index in [1.165, 1.54) is 25.9 Å². The number of aromatic hydroxyl groups is 1. The molecule has 1 atom stereocenters. The maximum Gasteiger partial charge on any atom is 0.338 e. The fourth-order valence-corrected chi connectivity index (χ4v) is 5.70. The van der Waals surface area contributed by atoms with Gasteiger partial charge < -0.3 is 24.1 Å². The molecule has 9 nitrogen and oxygen atoms in total. The number of nitrogens with zero attached hydrogens (tertiary/aromatic N) is 2. The first-order valence-electron chi connectivity index (χ1n) is 11.2. The fraction of sp³-hybridized carbons (Fsp3) is 0.269. The predicted octanol–water partition coefficient (Wildman–Crippen LogP) is 3.29. The summed E-state index contributed by atoms with van der Waals surface area (Å²) in [4.78, 5) is 31.9. The fourth-order valence-electron chi connectivity index (χ4n) is 4.13. The molecule has 2 heterocycles. The van der Waals surface area contributed by atoms with Crippen LogP contribution >= 0.6 is 27.3 Å². The van der Waals surface area contributed by atoms with Crippen molar-refractivity contribution in [3.05, 3.63) is 76.9 Å². The monoisotopic (exact) mass is 588 g/mol. The van der Waals surface area contributed by atoms with Crippen LogP contribution in [0.1, 0.15) is 31.0 Å². The molecule has 0 spiro atoms. The Kier molecular flexibility index (Phi) is 7.74. The van der Waals surface area contributed by atoms with Gasteiger partial charge in [-0.15, -0.1) is 0 Å². The van der Waals surface area contributed by atoms with Crippen molar-refractivity contribution in [2.24, 2.45) is 4.99 Å². The minimum absolute atomic E-state index is 0.0848. The van der Waals surface area contributed by atoms with Gasteiger partial charge in [0.15, 0.2) is 27.8 Å². The van der Waals surface area contributed by atoms with Gasteiger partial charge in [-0.1, -0.05) is 39.4 Å². The molecule has 1 aliphatic heterocycles. The molecule has 0 saturated carbocycles. The Morgan fingerprint density at radius 3 is 2.49 bits per heavy atom. The van der Waals surface area contributed by atoms with Gasteiger partial charge in [0.05, 0.1) is 49.8 Å². The van der Waals surface area contributed by atoms with Gasteiger partial charge >= 0.3 is 5.97 Å². The molecular formula is C26H25BrN2O7S. The highest BCUT2D eigenvalue weighted by Crippen LogP contribution is 2.40. The first kappa shape index (κ1) is 26.5. The average molecular weight is 589 g/mol. The topological polar surface area (TPSA) is 109 Å². The smallest absolute Gasteiger partial charge is 0.338 e. The number of rotatable bonds is 7. The predicted molar refractivity (Wildman–Crippen MR) is 142 cm³/mol. The summed E-state index contributed by atoms with van der Waals surface area (Å²) < 4.78 is 23.8. The molecule has 1 N–H and O–H groups in total. The molecule has 0 aliphatic carbocycles. The lowest BCUT2D eigenvalue weighted by atomic mass is 9.95. The number of methoxy groups -OCH3 is 3. The molecule has 0 saturated heterocycles. The second kappa shape index (κ2) is 10.8. The van der Waals surface area contributed by atoms with Crippen LogP contribution in [0.5, 0.6) is 23.0 Å². The third-order valence-electron chi connectivity index (χ3n) is 5.85. The lowest BCUT2D eigenvalue weighted by Crippen LogP contribution is -2.40. The van der Waals surface area contributed by atoms with Gasteiger partial charge in [0.1, 0.15) is 0 Å². The zero-order valence-electron chi connectivity index (χ0n) is 20.8. The van der Waals surface area contributed by atoms with Crippen LogP contribution in [0.15, 0.2) is 55.9 Å². The Morgan fingerprint density at radius 1 is 1.16 bits per heavy atom. The van der Waals surface area contributed by atoms with E-state index in [2.05, 4.69) is 20.9 Å². The third kappa shape index (κ3) is 4.76. The van der Waals surface area contributed by atoms with Crippen LogP contribution in [-0.4, -0.2) is 43.6 Å². The second-order valence-electron chi connectivity index (χ2n) is 7.93. The summed E-state index contributed by atoms with van der Waals surface area (Å²) in [7, 11) is 4.48. The highest BCUT2D eigenvalue weighted by Gasteiger charge is 2.35. The maximum atomic E-state index is 13.8. The molecule has 1 aliphatic rings. The van der Waals surface area contributed by atoms with E-state index in [0.29, 0.717) is 42.1 Å². The van der Waals surface area contributed by atoms with Crippen molar-refractivity contribution >= 4 is 39.3 Å². The maximum absolute atomic E-state index is 13.8. The Hall–Kier alpha value is -3.57. The van der Waals surface area contributed by atoms with Crippen LogP contribution in [0.4, 0.5) is 0 Å². The van der Waals surface area contributed by atoms with E-state index in [0.717, 1.165) is 11.3 Å². The summed E-state index contributed by atoms with van der Waals surface area (Å²) in [5.41, 5.74) is 1.29. The second-order valence-corrected chi connectivity index (χ2v) is 9.79. The number of thiazole rings is 1. The Labute approximate surface area is 225 Å². The minimum atomic E-state index is -0.856. The van der Waals surface area contributed by atoms with Gasteiger partial charge in [0, 0.05) is 10.0 Å². The number of carbonyl (C=O) groups is 1. The quantitative estimate of drug-likeness (QED) is 0.422. The molecule has 0 amide bonds. The summed E-state index contributed by atoms with van der Waals surface area (Å²) in [6.45, 7) is 3.58. The molecule has 37 heavy (non-hydrogen) atoms. The molecule has 0 fully saturated rings. The van der Waals surface area contributed by atoms with Crippen molar-refractivity contribution in [2.75, 3.05) is 27.9 Å². The van der Waals surface area contributed by atoms with Crippen LogP contribution in [0.3, 0.4) is 0 Å². The summed E-state index contributed by atoms with van der Waals surface area (Å²) in [5, 5.41) is 10.5. The lowest BCUT2D eigenvalue weighted by Gasteiger charge is -2.26. The standard InChI is InChI=1S/C26H25BrN2O7S/c1-6-36-25(32)21-13(2)28-26-29(22(21)15-11-18(34-4)19(35-5)12-16(15)27)24(31)20(37-26)10-14-8-7-9-17(33-3)23(14)30/h7-12,22,30H,6H2,1-5H3/b20-10-/t22-/m1/s1. The number of carbonyl (C=O) groups excluding carboxylic acids is 1. The van der Waals surface area contributed by atoms with E-state index in [-0.39, 0.29) is 29.2 Å². The van der Waals surface area contributed by atoms with E-state index in [9.17, 15) is 14.7 Å². The van der Waals surface area contributed by atoms with Crippen molar-refractivity contribution < 1.29 is 28.8 Å². The summed E-state index contributed by atoms with van der Waals surface area (Å²) in [5.74, 6) is 0.544. The summed E-state index contributed by atoms with van der Waals surface area (Å²) >= 11 is 4.73. The molecule has 194 valence electrons. The molecule has 2 aromatic carbocycles. The van der Waals surface area contributed by atoms with Gasteiger partial charge in [-0.2, -0.15) is 0 Å². The number of hydrogen-bond donors (Lipinski definition) is 1. The number of aromatic nitrogens is 1. The Bertz CT molecular complexity index is 1590. The molecule has 1 aromatic heterocycles. The minimum Gasteiger partial charge on any atom is -0.504 e. The summed E-state index contributed by atoms with van der Waals surface area (Å²) in [6, 6.07) is 7.60. The first-order chi connectivity index (χ1) is 17.7. The zero-order chi connectivity index (χ0) is 26.9. The van der Waals surface area contributed by atoms with Crippen molar-refractivity contribution in [1.29, 1.82) is 0 Å². The molecule has 3 aromatic rings. The third-order valence-corrected chi connectivity index (χ3v) is 7.52. The lowest BCUT2D eigenvalue weighted by molar-refractivity contribution is -0.139. The van der Waals surface area contributed by atoms with Crippen LogP contribution in [0.25, 0.3) is 6.08 Å². The van der Waals surface area contributed by atoms with Crippen LogP contribution in [-0.2, 0) is 9.53 Å². The van der Waals surface area contributed by atoms with Gasteiger partial charge in [0.25, 0.3) is 5.56 Å². The first-order valence-corrected chi connectivity index (χ1v) is 12.8. The van der Waals surface area contributed by atoms with Gasteiger partial charge in [-0.3, -0.25) is 9.36 Å². The number of ether oxygens (including phenoxy) is 4. The number of para-hydroxylation sites is 1. The SMILES string of the molecule is CCOC(=O)C1=C(C)N=c2s/c(=C\c3cccc(OC)c3O)c(=O)n2[C@@H]1c1cc(OC)c(OC)cc1Br. The Morgan fingerprint density at radius 2 is 1.84 bits per heavy atom. The van der Waals surface area contributed by atoms with Crippen molar-refractivity contribution in [3.8, 4) is 23.0 Å². The highest BCUT2D eigenvalue weighted by atomic mass is 79.9. The van der Waals surface area contributed by atoms with E-state index in [1.54, 1.807) is 50.3 Å². The zero-order valence-corrected chi connectivity index (χ0v) is 23.2. The highest BCUT2D eigenvalue weighted by molar-refractivity contribution is 9.10.